The Kier molecular flexibility index (Phi) is 4.10. The lowest BCUT2D eigenvalue weighted by Gasteiger charge is -2.11. The molecule has 0 bridgehead atoms. The third kappa shape index (κ3) is 3.54. The van der Waals surface area contributed by atoms with Crippen molar-refractivity contribution >= 4 is 11.7 Å². The van der Waals surface area contributed by atoms with Crippen LogP contribution in [-0.4, -0.2) is 26.8 Å². The summed E-state index contributed by atoms with van der Waals surface area (Å²) < 4.78 is 44.5. The molecule has 0 spiro atoms. The molecule has 0 aliphatic heterocycles. The lowest BCUT2D eigenvalue weighted by atomic mass is 10.2. The van der Waals surface area contributed by atoms with Crippen molar-refractivity contribution in [1.82, 2.24) is 19.9 Å². The van der Waals surface area contributed by atoms with Crippen LogP contribution >= 0.6 is 0 Å². The fourth-order valence-corrected chi connectivity index (χ4v) is 2.59. The minimum Gasteiger partial charge on any atom is -0.446 e. The van der Waals surface area contributed by atoms with Gasteiger partial charge in [-0.25, -0.2) is 4.79 Å². The van der Waals surface area contributed by atoms with Crippen LogP contribution in [0.4, 0.5) is 18.0 Å². The monoisotopic (exact) mass is 328 g/mol. The first-order valence-corrected chi connectivity index (χ1v) is 7.29. The number of ether oxygens (including phenoxy) is 1. The van der Waals surface area contributed by atoms with E-state index in [9.17, 15) is 18.0 Å². The molecule has 0 atom stereocenters. The zero-order valence-electron chi connectivity index (χ0n) is 12.1. The smallest absolute Gasteiger partial charge is 0.416 e. The van der Waals surface area contributed by atoms with Gasteiger partial charge in [0.25, 0.3) is 0 Å². The highest BCUT2D eigenvalue weighted by atomic mass is 19.4. The van der Waals surface area contributed by atoms with Gasteiger partial charge in [0.2, 0.25) is 0 Å². The van der Waals surface area contributed by atoms with Gasteiger partial charge in [-0.1, -0.05) is 0 Å². The first kappa shape index (κ1) is 15.6. The van der Waals surface area contributed by atoms with Gasteiger partial charge in [0.1, 0.15) is 6.10 Å². The molecule has 1 fully saturated rings. The SMILES string of the molecule is O=C(NCc1nnc2cc(C(F)(F)F)ccn12)OC1CCCC1. The summed E-state index contributed by atoms with van der Waals surface area (Å²) in [6.07, 6.45) is 0.0142. The van der Waals surface area contributed by atoms with Crippen LogP contribution in [-0.2, 0) is 17.5 Å². The summed E-state index contributed by atoms with van der Waals surface area (Å²) in [4.78, 5) is 11.7. The summed E-state index contributed by atoms with van der Waals surface area (Å²) in [7, 11) is 0. The lowest BCUT2D eigenvalue weighted by Crippen LogP contribution is -2.28. The zero-order valence-corrected chi connectivity index (χ0v) is 12.1. The first-order chi connectivity index (χ1) is 10.9. The van der Waals surface area contributed by atoms with Crippen LogP contribution in [0.15, 0.2) is 18.3 Å². The molecule has 124 valence electrons. The maximum Gasteiger partial charge on any atom is 0.416 e. The molecule has 1 aliphatic carbocycles. The molecule has 9 heteroatoms. The van der Waals surface area contributed by atoms with Crippen LogP contribution in [0.2, 0.25) is 0 Å². The van der Waals surface area contributed by atoms with Gasteiger partial charge in [0, 0.05) is 6.20 Å². The van der Waals surface area contributed by atoms with E-state index < -0.39 is 17.8 Å². The summed E-state index contributed by atoms with van der Waals surface area (Å²) in [6.45, 7) is 0.0259. The standard InChI is InChI=1S/C14H15F3N4O2/c15-14(16,17)9-5-6-21-11(7-9)19-20-12(21)8-18-13(22)23-10-3-1-2-4-10/h5-7,10H,1-4,8H2,(H,18,22). The molecule has 1 saturated carbocycles. The van der Waals surface area contributed by atoms with E-state index in [4.69, 9.17) is 4.74 Å². The molecule has 2 aromatic heterocycles. The number of fused-ring (bicyclic) bond motifs is 1. The Bertz CT molecular complexity index is 708. The van der Waals surface area contributed by atoms with Crippen molar-refractivity contribution in [3.8, 4) is 0 Å². The number of hydrogen-bond acceptors (Lipinski definition) is 4. The van der Waals surface area contributed by atoms with Gasteiger partial charge in [-0.15, -0.1) is 10.2 Å². The van der Waals surface area contributed by atoms with Gasteiger partial charge >= 0.3 is 12.3 Å². The Morgan fingerprint density at radius 3 is 2.78 bits per heavy atom. The topological polar surface area (TPSA) is 68.5 Å². The predicted molar refractivity (Wildman–Crippen MR) is 73.6 cm³/mol. The van der Waals surface area contributed by atoms with Crippen LogP contribution in [0, 0.1) is 0 Å². The van der Waals surface area contributed by atoms with Crippen LogP contribution < -0.4 is 5.32 Å². The quantitative estimate of drug-likeness (QED) is 0.941. The minimum atomic E-state index is -4.43. The van der Waals surface area contributed by atoms with Crippen LogP contribution in [0.3, 0.4) is 0 Å². The van der Waals surface area contributed by atoms with Gasteiger partial charge in [-0.05, 0) is 37.8 Å². The van der Waals surface area contributed by atoms with Gasteiger partial charge < -0.3 is 10.1 Å². The van der Waals surface area contributed by atoms with Crippen LogP contribution in [0.1, 0.15) is 37.1 Å². The highest BCUT2D eigenvalue weighted by Gasteiger charge is 2.31. The number of amides is 1. The summed E-state index contributed by atoms with van der Waals surface area (Å²) in [6, 6.07) is 1.85. The van der Waals surface area contributed by atoms with E-state index in [1.54, 1.807) is 0 Å². The van der Waals surface area contributed by atoms with E-state index in [0.717, 1.165) is 37.8 Å². The molecule has 0 radical (unpaired) electrons. The van der Waals surface area contributed by atoms with Gasteiger partial charge in [0.15, 0.2) is 11.5 Å². The average Bonchev–Trinajstić information content (AvgIpc) is 3.13. The van der Waals surface area contributed by atoms with E-state index in [2.05, 4.69) is 15.5 Å². The number of nitrogens with zero attached hydrogens (tertiary/aromatic N) is 3. The Balaban J connectivity index is 1.65. The molecule has 0 aromatic carbocycles. The predicted octanol–water partition coefficient (Wildman–Crippen LogP) is 2.92. The second kappa shape index (κ2) is 6.05. The number of alkyl halides is 3. The number of aromatic nitrogens is 3. The van der Waals surface area contributed by atoms with E-state index >= 15 is 0 Å². The van der Waals surface area contributed by atoms with Crippen molar-refractivity contribution in [2.24, 2.45) is 0 Å². The molecular formula is C14H15F3N4O2. The Labute approximate surface area is 129 Å². The molecule has 2 heterocycles. The number of pyridine rings is 1. The van der Waals surface area contributed by atoms with Crippen molar-refractivity contribution in [3.63, 3.8) is 0 Å². The van der Waals surface area contributed by atoms with E-state index in [-0.39, 0.29) is 18.3 Å². The number of alkyl carbamates (subject to hydrolysis) is 1. The van der Waals surface area contributed by atoms with Gasteiger partial charge in [0.05, 0.1) is 12.1 Å². The van der Waals surface area contributed by atoms with Crippen molar-refractivity contribution in [3.05, 3.63) is 29.7 Å². The van der Waals surface area contributed by atoms with Crippen LogP contribution in [0.5, 0.6) is 0 Å². The Morgan fingerprint density at radius 1 is 1.35 bits per heavy atom. The van der Waals surface area contributed by atoms with Gasteiger partial charge in [-0.2, -0.15) is 13.2 Å². The van der Waals surface area contributed by atoms with E-state index in [0.29, 0.717) is 5.82 Å². The fourth-order valence-electron chi connectivity index (χ4n) is 2.59. The molecule has 1 N–H and O–H groups in total. The maximum absolute atomic E-state index is 12.6. The first-order valence-electron chi connectivity index (χ1n) is 7.29. The second-order valence-electron chi connectivity index (χ2n) is 5.42. The summed E-state index contributed by atoms with van der Waals surface area (Å²) in [5.74, 6) is 0.331. The molecule has 23 heavy (non-hydrogen) atoms. The molecular weight excluding hydrogens is 313 g/mol. The molecule has 1 aliphatic rings. The van der Waals surface area contributed by atoms with Crippen molar-refractivity contribution in [2.75, 3.05) is 0 Å². The Hall–Kier alpha value is -2.32. The number of rotatable bonds is 3. The van der Waals surface area contributed by atoms with Crippen LogP contribution in [0.25, 0.3) is 5.65 Å². The third-order valence-electron chi connectivity index (χ3n) is 3.77. The average molecular weight is 328 g/mol. The number of hydrogen-bond donors (Lipinski definition) is 1. The molecule has 0 unspecified atom stereocenters. The van der Waals surface area contributed by atoms with Crippen molar-refractivity contribution in [2.45, 2.75) is 44.5 Å². The number of nitrogens with one attached hydrogen (secondary N) is 1. The normalized spacial score (nSPS) is 16.0. The number of halogens is 3. The minimum absolute atomic E-state index is 0.0259. The highest BCUT2D eigenvalue weighted by Crippen LogP contribution is 2.29. The molecule has 1 amide bonds. The summed E-state index contributed by atoms with van der Waals surface area (Å²) >= 11 is 0. The second-order valence-corrected chi connectivity index (χ2v) is 5.42. The number of carbonyl (C=O) groups is 1. The third-order valence-corrected chi connectivity index (χ3v) is 3.77. The highest BCUT2D eigenvalue weighted by molar-refractivity contribution is 5.67. The van der Waals surface area contributed by atoms with Crippen molar-refractivity contribution < 1.29 is 22.7 Å². The zero-order chi connectivity index (χ0) is 16.4. The summed E-state index contributed by atoms with van der Waals surface area (Å²) in [5, 5.41) is 10.0. The lowest BCUT2D eigenvalue weighted by molar-refractivity contribution is -0.137. The molecule has 0 saturated heterocycles. The Morgan fingerprint density at radius 2 is 2.09 bits per heavy atom. The number of carbonyl (C=O) groups excluding carboxylic acids is 1. The van der Waals surface area contributed by atoms with E-state index in [1.807, 2.05) is 0 Å². The molecule has 3 rings (SSSR count). The van der Waals surface area contributed by atoms with Gasteiger partial charge in [-0.3, -0.25) is 4.40 Å². The summed E-state index contributed by atoms with van der Waals surface area (Å²) in [5.41, 5.74) is -0.724. The van der Waals surface area contributed by atoms with Crippen molar-refractivity contribution in [1.29, 1.82) is 0 Å². The molecule has 2 aromatic rings. The maximum atomic E-state index is 12.6. The largest absolute Gasteiger partial charge is 0.446 e. The molecule has 6 nitrogen and oxygen atoms in total. The fraction of sp³-hybridized carbons (Fsp3) is 0.500. The van der Waals surface area contributed by atoms with E-state index in [1.165, 1.54) is 10.6 Å².